The molecule has 5 aromatic rings. The second kappa shape index (κ2) is 15.1. The molecule has 0 amide bonds. The topological polar surface area (TPSA) is 9.23 Å². The monoisotopic (exact) mass is 872 g/mol. The molecule has 0 bridgehead atoms. The summed E-state index contributed by atoms with van der Waals surface area (Å²) in [6, 6.07) is 46.8. The van der Waals surface area contributed by atoms with Gasteiger partial charge in [0.25, 0.3) is 0 Å². The van der Waals surface area contributed by atoms with Crippen LogP contribution in [0.4, 0.5) is 0 Å². The van der Waals surface area contributed by atoms with Gasteiger partial charge in [0.15, 0.2) is 0 Å². The van der Waals surface area contributed by atoms with Gasteiger partial charge in [-0.1, -0.05) is 12.2 Å². The van der Waals surface area contributed by atoms with Crippen molar-refractivity contribution in [1.82, 2.24) is 0 Å². The molecule has 7 rings (SSSR count). The van der Waals surface area contributed by atoms with Gasteiger partial charge in [-0.3, -0.25) is 0 Å². The summed E-state index contributed by atoms with van der Waals surface area (Å²) in [6.07, 6.45) is 8.78. The molecular formula is C47H41OOsPSi+. The third kappa shape index (κ3) is 6.50. The second-order valence-electron chi connectivity index (χ2n) is 13.4. The second-order valence-corrected chi connectivity index (χ2v) is 21.7. The van der Waals surface area contributed by atoms with Crippen molar-refractivity contribution >= 4 is 47.7 Å². The fraction of sp³-hybridized carbons (Fsp3) is 0.128. The first kappa shape index (κ1) is 35.1. The van der Waals surface area contributed by atoms with E-state index >= 15 is 0 Å². The number of rotatable bonds is 6. The van der Waals surface area contributed by atoms with Crippen LogP contribution in [0.25, 0.3) is 17.2 Å². The maximum atomic E-state index is 5.99. The minimum absolute atomic E-state index is 0.573. The molecular weight excluding hydrogens is 830 g/mol. The van der Waals surface area contributed by atoms with Crippen molar-refractivity contribution in [3.8, 4) is 27.3 Å². The van der Waals surface area contributed by atoms with E-state index < -0.39 is 15.3 Å². The summed E-state index contributed by atoms with van der Waals surface area (Å²) in [4.78, 5) is 0. The quantitative estimate of drug-likeness (QED) is 0.0946. The van der Waals surface area contributed by atoms with E-state index in [1.807, 2.05) is 0 Å². The molecule has 2 aliphatic rings. The van der Waals surface area contributed by atoms with E-state index in [0.717, 1.165) is 16.5 Å². The van der Waals surface area contributed by atoms with Gasteiger partial charge in [0, 0.05) is 0 Å². The zero-order valence-corrected chi connectivity index (χ0v) is 34.0. The molecule has 0 atom stereocenters. The molecule has 1 nitrogen and oxygen atoms in total. The predicted molar refractivity (Wildman–Crippen MR) is 219 cm³/mol. The van der Waals surface area contributed by atoms with Gasteiger partial charge in [0.2, 0.25) is 0 Å². The first-order chi connectivity index (χ1) is 24.9. The molecule has 0 aliphatic carbocycles. The Morgan fingerprint density at radius 3 is 1.80 bits per heavy atom. The molecule has 1 saturated heterocycles. The standard InChI is InChI=1S/C47H41OPSi.Os/c1-6-17-36-25-28-44-45-29-26-37(31-47(45)50(4,5)46(44)30-36)24-27-39(32-40-34-48-33-38(40)7-2)35(3)49(41-18-11-8-12-19-41,42-20-13-9-14-21-42)43-22-15-10-16-23-43;/h6-23,25-26,28-32H,33-34H2,1-2,4-5H3;/q+1;/b17-6+,38-7?,39-35?,40-32?;. The zero-order chi connectivity index (χ0) is 35.4. The van der Waals surface area contributed by atoms with Crippen LogP contribution in [0.5, 0.6) is 0 Å². The summed E-state index contributed by atoms with van der Waals surface area (Å²) in [6.45, 7) is 10.3. The zero-order valence-electron chi connectivity index (χ0n) is 29.6. The molecule has 1 fully saturated rings. The third-order valence-electron chi connectivity index (χ3n) is 10.1. The number of ether oxygens (including phenoxy) is 1. The van der Waals surface area contributed by atoms with Crippen molar-refractivity contribution in [3.05, 3.63) is 179 Å². The van der Waals surface area contributed by atoms with Crippen molar-refractivity contribution in [3.63, 3.8) is 0 Å². The number of fused-ring (bicyclic) bond motifs is 3. The Labute approximate surface area is 314 Å². The van der Waals surface area contributed by atoms with Crippen molar-refractivity contribution < 1.29 is 22.7 Å². The van der Waals surface area contributed by atoms with Crippen LogP contribution in [-0.4, -0.2) is 21.3 Å². The summed E-state index contributed by atoms with van der Waals surface area (Å²) >= 11 is 1.80. The van der Waals surface area contributed by atoms with Crippen molar-refractivity contribution in [2.45, 2.75) is 26.9 Å². The molecule has 251 valence electrons. The molecule has 0 unspecified atom stereocenters. The predicted octanol–water partition coefficient (Wildman–Crippen LogP) is 8.53. The number of hydrogen-bond acceptors (Lipinski definition) is 1. The van der Waals surface area contributed by atoms with Gasteiger partial charge in [0.05, 0.1) is 0 Å². The molecule has 4 heteroatoms. The first-order valence-electron chi connectivity index (χ1n) is 17.5. The van der Waals surface area contributed by atoms with Crippen LogP contribution in [0.1, 0.15) is 25.0 Å². The SMILES string of the molecule is CC=C1COCC1=CC(C#Cc1ccc2c(c1)[Si](C)(C)c1cc(/C=C/C)ccc1-2)=C([C]#[Os])[P+](c1ccccc1)(c1ccccc1)c1ccccc1. The molecule has 0 aromatic heterocycles. The van der Waals surface area contributed by atoms with Crippen LogP contribution in [0.15, 0.2) is 168 Å². The van der Waals surface area contributed by atoms with Gasteiger partial charge < -0.3 is 0 Å². The normalized spacial score (nSPS) is 16.7. The molecule has 5 aromatic carbocycles. The van der Waals surface area contributed by atoms with Crippen LogP contribution in [-0.2, 0) is 22.7 Å². The van der Waals surface area contributed by atoms with Crippen LogP contribution >= 0.6 is 7.26 Å². The Hall–Kier alpha value is -4.36. The number of benzene rings is 5. The Morgan fingerprint density at radius 1 is 0.706 bits per heavy atom. The van der Waals surface area contributed by atoms with Gasteiger partial charge in [-0.2, -0.15) is 0 Å². The van der Waals surface area contributed by atoms with E-state index in [9.17, 15) is 0 Å². The van der Waals surface area contributed by atoms with E-state index in [2.05, 4.69) is 195 Å². The van der Waals surface area contributed by atoms with Gasteiger partial charge in [-0.25, -0.2) is 0 Å². The maximum absolute atomic E-state index is 5.99. The van der Waals surface area contributed by atoms with Gasteiger partial charge in [-0.15, -0.1) is 0 Å². The van der Waals surface area contributed by atoms with Crippen molar-refractivity contribution in [1.29, 1.82) is 0 Å². The summed E-state index contributed by atoms with van der Waals surface area (Å²) in [5.41, 5.74) is 8.44. The van der Waals surface area contributed by atoms with Crippen molar-refractivity contribution in [2.75, 3.05) is 13.2 Å². The average Bonchev–Trinajstić information content (AvgIpc) is 3.72. The van der Waals surface area contributed by atoms with Crippen LogP contribution in [0.2, 0.25) is 13.1 Å². The van der Waals surface area contributed by atoms with Crippen LogP contribution in [0, 0.1) is 16.2 Å². The average molecular weight is 871 g/mol. The summed E-state index contributed by atoms with van der Waals surface area (Å²) in [7, 11) is -4.36. The minimum atomic E-state index is -2.44. The summed E-state index contributed by atoms with van der Waals surface area (Å²) in [5, 5.41) is 7.95. The molecule has 0 saturated carbocycles. The fourth-order valence-corrected chi connectivity index (χ4v) is 16.4. The van der Waals surface area contributed by atoms with E-state index in [4.69, 9.17) is 4.74 Å². The van der Waals surface area contributed by atoms with E-state index in [1.54, 1.807) is 17.9 Å². The van der Waals surface area contributed by atoms with Crippen LogP contribution < -0.4 is 26.3 Å². The molecule has 0 spiro atoms. The molecule has 51 heavy (non-hydrogen) atoms. The molecule has 0 N–H and O–H groups in total. The van der Waals surface area contributed by atoms with E-state index in [-0.39, 0.29) is 0 Å². The van der Waals surface area contributed by atoms with E-state index in [1.165, 1.54) is 54.1 Å². The van der Waals surface area contributed by atoms with Crippen molar-refractivity contribution in [2.24, 2.45) is 0 Å². The molecule has 0 radical (unpaired) electrons. The van der Waals surface area contributed by atoms with Gasteiger partial charge in [0.1, 0.15) is 0 Å². The number of allylic oxidation sites excluding steroid dienone is 5. The van der Waals surface area contributed by atoms with Gasteiger partial charge in [-0.05, 0) is 6.92 Å². The molecule has 2 aliphatic heterocycles. The van der Waals surface area contributed by atoms with E-state index in [0.29, 0.717) is 13.2 Å². The summed E-state index contributed by atoms with van der Waals surface area (Å²) < 4.78 is 9.80. The Kier molecular flexibility index (Phi) is 10.4. The summed E-state index contributed by atoms with van der Waals surface area (Å²) in [5.74, 6) is 7.48. The van der Waals surface area contributed by atoms with Crippen LogP contribution in [0.3, 0.4) is 0 Å². The number of hydrogen-bond donors (Lipinski definition) is 0. The Morgan fingerprint density at radius 2 is 1.25 bits per heavy atom. The first-order valence-corrected chi connectivity index (χ1v) is 23.5. The fourth-order valence-electron chi connectivity index (χ4n) is 7.54. The third-order valence-corrected chi connectivity index (χ3v) is 19.0. The molecule has 2 heterocycles. The Bertz CT molecular complexity index is 2240. The Balaban J connectivity index is 1.49. The van der Waals surface area contributed by atoms with Gasteiger partial charge >= 0.3 is 298 Å².